The molecule has 0 spiro atoms. The highest BCUT2D eigenvalue weighted by Gasteiger charge is 2.15. The fraction of sp³-hybridized carbons (Fsp3) is 0.778. The van der Waals surface area contributed by atoms with Gasteiger partial charge in [0.05, 0.1) is 0 Å². The van der Waals surface area contributed by atoms with E-state index in [4.69, 9.17) is 0 Å². The molecule has 0 heterocycles. The lowest BCUT2D eigenvalue weighted by Crippen LogP contribution is -2.10. The first kappa shape index (κ1) is 6.85. The van der Waals surface area contributed by atoms with Crippen molar-refractivity contribution in [3.63, 3.8) is 0 Å². The van der Waals surface area contributed by atoms with Crippen LogP contribution < -0.4 is 0 Å². The lowest BCUT2D eigenvalue weighted by molar-refractivity contribution is 0.325. The van der Waals surface area contributed by atoms with Crippen LogP contribution in [0.25, 0.3) is 0 Å². The van der Waals surface area contributed by atoms with Crippen molar-refractivity contribution in [3.8, 4) is 0 Å². The highest BCUT2D eigenvalue weighted by Crippen LogP contribution is 2.28. The minimum Gasteiger partial charge on any atom is -0.103 e. The zero-order valence-corrected chi connectivity index (χ0v) is 6.27. The summed E-state index contributed by atoms with van der Waals surface area (Å²) in [6.45, 7) is 6.16. The SMILES string of the molecule is C=C[C@H]1CCC[C@@H](C)C1. The molecule has 0 aromatic carbocycles. The van der Waals surface area contributed by atoms with Crippen LogP contribution in [-0.4, -0.2) is 0 Å². The summed E-state index contributed by atoms with van der Waals surface area (Å²) in [5, 5.41) is 0. The van der Waals surface area contributed by atoms with Crippen LogP contribution in [0.4, 0.5) is 0 Å². The van der Waals surface area contributed by atoms with E-state index in [1.807, 2.05) is 0 Å². The first-order valence-corrected chi connectivity index (χ1v) is 3.95. The van der Waals surface area contributed by atoms with Crippen LogP contribution in [0.1, 0.15) is 32.6 Å². The van der Waals surface area contributed by atoms with Crippen molar-refractivity contribution in [3.05, 3.63) is 12.7 Å². The second kappa shape index (κ2) is 3.05. The topological polar surface area (TPSA) is 0 Å². The zero-order chi connectivity index (χ0) is 6.69. The zero-order valence-electron chi connectivity index (χ0n) is 6.27. The average Bonchev–Trinajstić information content (AvgIpc) is 1.88. The molecule has 0 radical (unpaired) electrons. The summed E-state index contributed by atoms with van der Waals surface area (Å²) < 4.78 is 0. The predicted octanol–water partition coefficient (Wildman–Crippen LogP) is 3.00. The second-order valence-electron chi connectivity index (χ2n) is 3.27. The van der Waals surface area contributed by atoms with Crippen molar-refractivity contribution in [2.45, 2.75) is 32.6 Å². The number of hydrogen-bond donors (Lipinski definition) is 0. The molecule has 1 fully saturated rings. The first-order valence-electron chi connectivity index (χ1n) is 3.95. The molecule has 0 aromatic heterocycles. The normalized spacial score (nSPS) is 36.1. The van der Waals surface area contributed by atoms with Gasteiger partial charge in [0.15, 0.2) is 0 Å². The van der Waals surface area contributed by atoms with Gasteiger partial charge >= 0.3 is 0 Å². The van der Waals surface area contributed by atoms with E-state index in [-0.39, 0.29) is 0 Å². The number of allylic oxidation sites excluding steroid dienone is 1. The van der Waals surface area contributed by atoms with Gasteiger partial charge in [0.1, 0.15) is 0 Å². The van der Waals surface area contributed by atoms with Gasteiger partial charge in [-0.15, -0.1) is 6.58 Å². The van der Waals surface area contributed by atoms with Crippen LogP contribution in [-0.2, 0) is 0 Å². The van der Waals surface area contributed by atoms with Crippen LogP contribution >= 0.6 is 0 Å². The van der Waals surface area contributed by atoms with Crippen molar-refractivity contribution in [2.24, 2.45) is 11.8 Å². The number of hydrogen-bond acceptors (Lipinski definition) is 0. The highest BCUT2D eigenvalue weighted by molar-refractivity contribution is 4.83. The van der Waals surface area contributed by atoms with E-state index in [1.165, 1.54) is 25.7 Å². The quantitative estimate of drug-likeness (QED) is 0.471. The van der Waals surface area contributed by atoms with Gasteiger partial charge in [-0.2, -0.15) is 0 Å². The molecule has 1 aliphatic carbocycles. The van der Waals surface area contributed by atoms with E-state index >= 15 is 0 Å². The third-order valence-electron chi connectivity index (χ3n) is 2.31. The van der Waals surface area contributed by atoms with Crippen LogP contribution in [0.3, 0.4) is 0 Å². The number of rotatable bonds is 1. The summed E-state index contributed by atoms with van der Waals surface area (Å²) in [6, 6.07) is 0. The Balaban J connectivity index is 2.31. The van der Waals surface area contributed by atoms with E-state index in [0.717, 1.165) is 11.8 Å². The molecule has 1 rings (SSSR count). The van der Waals surface area contributed by atoms with Crippen molar-refractivity contribution < 1.29 is 0 Å². The van der Waals surface area contributed by atoms with Gasteiger partial charge in [-0.3, -0.25) is 0 Å². The van der Waals surface area contributed by atoms with E-state index in [9.17, 15) is 0 Å². The molecule has 0 unspecified atom stereocenters. The van der Waals surface area contributed by atoms with Crippen molar-refractivity contribution in [1.82, 2.24) is 0 Å². The van der Waals surface area contributed by atoms with Gasteiger partial charge < -0.3 is 0 Å². The van der Waals surface area contributed by atoms with E-state index in [0.29, 0.717) is 0 Å². The Morgan fingerprint density at radius 1 is 1.44 bits per heavy atom. The Kier molecular flexibility index (Phi) is 2.32. The molecule has 0 aliphatic heterocycles. The van der Waals surface area contributed by atoms with Gasteiger partial charge in [0.2, 0.25) is 0 Å². The Hall–Kier alpha value is -0.260. The monoisotopic (exact) mass is 124 g/mol. The average molecular weight is 124 g/mol. The van der Waals surface area contributed by atoms with E-state index in [1.54, 1.807) is 0 Å². The molecule has 0 amide bonds. The van der Waals surface area contributed by atoms with Gasteiger partial charge in [0, 0.05) is 0 Å². The third kappa shape index (κ3) is 1.85. The maximum Gasteiger partial charge on any atom is -0.0234 e. The molecule has 2 atom stereocenters. The van der Waals surface area contributed by atoms with Gasteiger partial charge in [-0.25, -0.2) is 0 Å². The summed E-state index contributed by atoms with van der Waals surface area (Å²) in [4.78, 5) is 0. The fourth-order valence-electron chi connectivity index (χ4n) is 1.70. The molecule has 0 bridgehead atoms. The lowest BCUT2D eigenvalue weighted by Gasteiger charge is -2.23. The van der Waals surface area contributed by atoms with E-state index in [2.05, 4.69) is 19.6 Å². The van der Waals surface area contributed by atoms with Crippen molar-refractivity contribution in [1.29, 1.82) is 0 Å². The summed E-state index contributed by atoms with van der Waals surface area (Å²) in [5.41, 5.74) is 0. The smallest absolute Gasteiger partial charge is 0.0234 e. The molecular formula is C9H16. The summed E-state index contributed by atoms with van der Waals surface area (Å²) in [5.74, 6) is 1.77. The van der Waals surface area contributed by atoms with Gasteiger partial charge in [-0.1, -0.05) is 25.8 Å². The van der Waals surface area contributed by atoms with E-state index < -0.39 is 0 Å². The molecule has 0 N–H and O–H groups in total. The second-order valence-corrected chi connectivity index (χ2v) is 3.27. The minimum atomic E-state index is 0.828. The molecule has 0 nitrogen and oxygen atoms in total. The Bertz CT molecular complexity index is 94.2. The molecule has 0 heteroatoms. The summed E-state index contributed by atoms with van der Waals surface area (Å²) >= 11 is 0. The van der Waals surface area contributed by atoms with Gasteiger partial charge in [-0.05, 0) is 24.7 Å². The highest BCUT2D eigenvalue weighted by atomic mass is 14.2. The molecule has 0 saturated heterocycles. The van der Waals surface area contributed by atoms with Crippen molar-refractivity contribution in [2.75, 3.05) is 0 Å². The maximum absolute atomic E-state index is 3.82. The Labute approximate surface area is 58.0 Å². The van der Waals surface area contributed by atoms with Crippen LogP contribution in [0, 0.1) is 11.8 Å². The molecule has 1 aliphatic rings. The third-order valence-corrected chi connectivity index (χ3v) is 2.31. The lowest BCUT2D eigenvalue weighted by atomic mass is 9.83. The molecule has 52 valence electrons. The Morgan fingerprint density at radius 3 is 2.67 bits per heavy atom. The van der Waals surface area contributed by atoms with Crippen LogP contribution in [0.5, 0.6) is 0 Å². The Morgan fingerprint density at radius 2 is 2.22 bits per heavy atom. The molecule has 0 aromatic rings. The summed E-state index contributed by atoms with van der Waals surface area (Å²) in [7, 11) is 0. The van der Waals surface area contributed by atoms with Crippen molar-refractivity contribution >= 4 is 0 Å². The first-order chi connectivity index (χ1) is 4.33. The molecular weight excluding hydrogens is 108 g/mol. The summed E-state index contributed by atoms with van der Waals surface area (Å²) in [6.07, 6.45) is 7.73. The molecule has 1 saturated carbocycles. The maximum atomic E-state index is 3.82. The van der Waals surface area contributed by atoms with Crippen LogP contribution in [0.2, 0.25) is 0 Å². The fourth-order valence-corrected chi connectivity index (χ4v) is 1.70. The molecule has 9 heavy (non-hydrogen) atoms. The van der Waals surface area contributed by atoms with Crippen LogP contribution in [0.15, 0.2) is 12.7 Å². The minimum absolute atomic E-state index is 0.828. The largest absolute Gasteiger partial charge is 0.103 e. The standard InChI is InChI=1S/C9H16/c1-3-9-6-4-5-8(2)7-9/h3,8-9H,1,4-7H2,2H3/t8-,9+/m1/s1. The van der Waals surface area contributed by atoms with Gasteiger partial charge in [0.25, 0.3) is 0 Å². The predicted molar refractivity (Wildman–Crippen MR) is 41.3 cm³/mol.